The molecule has 94 valence electrons. The lowest BCUT2D eigenvalue weighted by Crippen LogP contribution is -2.26. The van der Waals surface area contributed by atoms with E-state index < -0.39 is 5.91 Å². The molecule has 8 nitrogen and oxygen atoms in total. The summed E-state index contributed by atoms with van der Waals surface area (Å²) in [6.07, 6.45) is 2.59. The Morgan fingerprint density at radius 2 is 2.44 bits per heavy atom. The van der Waals surface area contributed by atoms with Crippen LogP contribution in [0.1, 0.15) is 28.8 Å². The first kappa shape index (κ1) is 10.8. The molecule has 1 unspecified atom stereocenters. The number of primary amides is 1. The molecule has 1 atom stereocenters. The zero-order valence-electron chi connectivity index (χ0n) is 9.87. The van der Waals surface area contributed by atoms with Crippen molar-refractivity contribution in [3.63, 3.8) is 0 Å². The van der Waals surface area contributed by atoms with Gasteiger partial charge in [0.25, 0.3) is 5.91 Å². The predicted octanol–water partition coefficient (Wildman–Crippen LogP) is -0.484. The number of hydrogen-bond acceptors (Lipinski definition) is 5. The van der Waals surface area contributed by atoms with Crippen molar-refractivity contribution in [1.29, 1.82) is 0 Å². The highest BCUT2D eigenvalue weighted by Gasteiger charge is 2.27. The molecule has 0 aliphatic carbocycles. The molecule has 3 rings (SSSR count). The number of nitrogens with zero attached hydrogens (tertiary/aromatic N) is 5. The van der Waals surface area contributed by atoms with Crippen molar-refractivity contribution in [2.24, 2.45) is 12.8 Å². The van der Waals surface area contributed by atoms with Crippen LogP contribution in [0.5, 0.6) is 0 Å². The molecule has 0 saturated carbocycles. The lowest BCUT2D eigenvalue weighted by Gasteiger charge is -2.24. The van der Waals surface area contributed by atoms with Crippen LogP contribution in [0.3, 0.4) is 0 Å². The van der Waals surface area contributed by atoms with Crippen molar-refractivity contribution in [3.8, 4) is 0 Å². The van der Waals surface area contributed by atoms with Crippen LogP contribution < -0.4 is 11.1 Å². The van der Waals surface area contributed by atoms with E-state index in [1.165, 1.54) is 0 Å². The van der Waals surface area contributed by atoms with Gasteiger partial charge in [-0.05, 0) is 12.5 Å². The van der Waals surface area contributed by atoms with E-state index in [1.54, 1.807) is 15.6 Å². The fraction of sp³-hybridized carbons (Fsp3) is 0.400. The molecule has 0 saturated heterocycles. The first-order valence-electron chi connectivity index (χ1n) is 5.65. The van der Waals surface area contributed by atoms with E-state index in [1.807, 2.05) is 13.1 Å². The van der Waals surface area contributed by atoms with Crippen LogP contribution in [0.4, 0.5) is 5.95 Å². The Morgan fingerprint density at radius 1 is 1.61 bits per heavy atom. The summed E-state index contributed by atoms with van der Waals surface area (Å²) in [5.74, 6) is -0.0183. The average molecular weight is 247 g/mol. The maximum absolute atomic E-state index is 11.1. The van der Waals surface area contributed by atoms with Gasteiger partial charge in [-0.25, -0.2) is 4.68 Å². The van der Waals surface area contributed by atoms with Crippen LogP contribution in [0.2, 0.25) is 0 Å². The predicted molar refractivity (Wildman–Crippen MR) is 63.0 cm³/mol. The van der Waals surface area contributed by atoms with Crippen LogP contribution in [0.25, 0.3) is 0 Å². The number of aryl methyl sites for hydroxylation is 1. The molecule has 0 radical (unpaired) electrons. The second-order valence-electron chi connectivity index (χ2n) is 4.18. The SMILES string of the molecule is Cn1nccc1C1CCNc2nc(C(N)=O)nn21. The van der Waals surface area contributed by atoms with Crippen molar-refractivity contribution in [2.75, 3.05) is 11.9 Å². The maximum Gasteiger partial charge on any atom is 0.288 e. The van der Waals surface area contributed by atoms with E-state index in [-0.39, 0.29) is 11.9 Å². The third-order valence-corrected chi connectivity index (χ3v) is 3.05. The minimum Gasteiger partial charge on any atom is -0.363 e. The van der Waals surface area contributed by atoms with E-state index in [2.05, 4.69) is 20.5 Å². The van der Waals surface area contributed by atoms with Crippen molar-refractivity contribution in [3.05, 3.63) is 23.8 Å². The van der Waals surface area contributed by atoms with Crippen LogP contribution >= 0.6 is 0 Å². The van der Waals surface area contributed by atoms with Crippen molar-refractivity contribution >= 4 is 11.9 Å². The van der Waals surface area contributed by atoms with E-state index in [0.717, 1.165) is 18.7 Å². The molecule has 0 spiro atoms. The van der Waals surface area contributed by atoms with Gasteiger partial charge in [-0.3, -0.25) is 9.48 Å². The van der Waals surface area contributed by atoms with Gasteiger partial charge in [0.2, 0.25) is 11.8 Å². The summed E-state index contributed by atoms with van der Waals surface area (Å²) < 4.78 is 3.49. The number of rotatable bonds is 2. The topological polar surface area (TPSA) is 104 Å². The molecular weight excluding hydrogens is 234 g/mol. The number of carbonyl (C=O) groups is 1. The largest absolute Gasteiger partial charge is 0.363 e. The van der Waals surface area contributed by atoms with Crippen LogP contribution in [0, 0.1) is 0 Å². The maximum atomic E-state index is 11.1. The third-order valence-electron chi connectivity index (χ3n) is 3.05. The smallest absolute Gasteiger partial charge is 0.288 e. The van der Waals surface area contributed by atoms with Gasteiger partial charge >= 0.3 is 0 Å². The molecular formula is C10H13N7O. The first-order chi connectivity index (χ1) is 8.66. The monoisotopic (exact) mass is 247 g/mol. The Hall–Kier alpha value is -2.38. The molecule has 8 heteroatoms. The van der Waals surface area contributed by atoms with Gasteiger partial charge in [0, 0.05) is 19.8 Å². The first-order valence-corrected chi connectivity index (χ1v) is 5.65. The Morgan fingerprint density at radius 3 is 3.11 bits per heavy atom. The highest BCUT2D eigenvalue weighted by atomic mass is 16.1. The fourth-order valence-corrected chi connectivity index (χ4v) is 2.19. The highest BCUT2D eigenvalue weighted by molar-refractivity contribution is 5.89. The molecule has 3 heterocycles. The van der Waals surface area contributed by atoms with Gasteiger partial charge in [0.15, 0.2) is 0 Å². The molecule has 18 heavy (non-hydrogen) atoms. The Balaban J connectivity index is 2.06. The number of nitrogens with two attached hydrogens (primary N) is 1. The summed E-state index contributed by atoms with van der Waals surface area (Å²) in [6.45, 7) is 0.771. The molecule has 0 aromatic carbocycles. The zero-order valence-corrected chi connectivity index (χ0v) is 9.87. The van der Waals surface area contributed by atoms with Crippen molar-refractivity contribution in [2.45, 2.75) is 12.5 Å². The number of fused-ring (bicyclic) bond motifs is 1. The number of nitrogens with one attached hydrogen (secondary N) is 1. The van der Waals surface area contributed by atoms with E-state index in [4.69, 9.17) is 5.73 Å². The number of hydrogen-bond donors (Lipinski definition) is 2. The normalized spacial score (nSPS) is 18.2. The molecule has 2 aromatic heterocycles. The molecule has 1 aliphatic rings. The Labute approximate surface area is 103 Å². The summed E-state index contributed by atoms with van der Waals surface area (Å²) >= 11 is 0. The number of anilines is 1. The summed E-state index contributed by atoms with van der Waals surface area (Å²) in [5, 5.41) is 11.4. The lowest BCUT2D eigenvalue weighted by molar-refractivity contribution is 0.0990. The van der Waals surface area contributed by atoms with E-state index >= 15 is 0 Å². The van der Waals surface area contributed by atoms with Gasteiger partial charge in [-0.2, -0.15) is 10.1 Å². The summed E-state index contributed by atoms with van der Waals surface area (Å²) in [7, 11) is 1.88. The quantitative estimate of drug-likeness (QED) is 0.745. The number of aromatic nitrogens is 5. The van der Waals surface area contributed by atoms with Gasteiger partial charge < -0.3 is 11.1 Å². The summed E-state index contributed by atoms with van der Waals surface area (Å²) in [6, 6.07) is 1.96. The Bertz CT molecular complexity index is 599. The van der Waals surface area contributed by atoms with Gasteiger partial charge in [-0.1, -0.05) is 0 Å². The van der Waals surface area contributed by atoms with Crippen molar-refractivity contribution in [1.82, 2.24) is 24.5 Å². The standard InChI is InChI=1S/C10H13N7O/c1-16-6(3-5-13-16)7-2-4-12-10-14-9(8(11)18)15-17(7)10/h3,5,7H,2,4H2,1H3,(H2,11,18)(H,12,14,15). The average Bonchev–Trinajstić information content (AvgIpc) is 2.94. The van der Waals surface area contributed by atoms with Gasteiger partial charge in [0.05, 0.1) is 11.7 Å². The second kappa shape index (κ2) is 3.83. The molecule has 3 N–H and O–H groups in total. The zero-order chi connectivity index (χ0) is 12.7. The van der Waals surface area contributed by atoms with Crippen LogP contribution in [-0.4, -0.2) is 37.0 Å². The van der Waals surface area contributed by atoms with Crippen LogP contribution in [-0.2, 0) is 7.05 Å². The summed E-state index contributed by atoms with van der Waals surface area (Å²) in [4.78, 5) is 15.2. The van der Waals surface area contributed by atoms with Crippen LogP contribution in [0.15, 0.2) is 12.3 Å². The summed E-state index contributed by atoms with van der Waals surface area (Å²) in [5.41, 5.74) is 6.22. The van der Waals surface area contributed by atoms with E-state index in [0.29, 0.717) is 5.95 Å². The molecule has 0 bridgehead atoms. The molecule has 1 amide bonds. The minimum absolute atomic E-state index is 0.0225. The minimum atomic E-state index is -0.623. The van der Waals surface area contributed by atoms with Crippen molar-refractivity contribution < 1.29 is 4.79 Å². The lowest BCUT2D eigenvalue weighted by atomic mass is 10.1. The molecule has 0 fully saturated rings. The highest BCUT2D eigenvalue weighted by Crippen LogP contribution is 2.27. The van der Waals surface area contributed by atoms with Gasteiger partial charge in [0.1, 0.15) is 0 Å². The second-order valence-corrected chi connectivity index (χ2v) is 4.18. The molecule has 2 aromatic rings. The fourth-order valence-electron chi connectivity index (χ4n) is 2.19. The third kappa shape index (κ3) is 1.53. The Kier molecular flexibility index (Phi) is 2.29. The number of amides is 1. The number of carbonyl (C=O) groups excluding carboxylic acids is 1. The molecule has 1 aliphatic heterocycles. The van der Waals surface area contributed by atoms with Gasteiger partial charge in [-0.15, -0.1) is 5.10 Å². The van der Waals surface area contributed by atoms with E-state index in [9.17, 15) is 4.79 Å².